The lowest BCUT2D eigenvalue weighted by atomic mass is 10.0. The van der Waals surface area contributed by atoms with Crippen molar-refractivity contribution < 1.29 is 13.2 Å². The molecule has 1 atom stereocenters. The second kappa shape index (κ2) is 9.52. The predicted octanol–water partition coefficient (Wildman–Crippen LogP) is 4.93. The van der Waals surface area contributed by atoms with Gasteiger partial charge < -0.3 is 5.32 Å². The van der Waals surface area contributed by atoms with Crippen molar-refractivity contribution in [2.45, 2.75) is 36.5 Å². The number of hydrogen-bond acceptors (Lipinski definition) is 3. The SMILES string of the molecule is CCC[C@@H](NC(=O)c1cccc(CS(=O)(=O)c2ccccc2)c1)c1ccccc1. The average molecular weight is 408 g/mol. The van der Waals surface area contributed by atoms with E-state index in [1.165, 1.54) is 0 Å². The van der Waals surface area contributed by atoms with Crippen LogP contribution in [0.3, 0.4) is 0 Å². The van der Waals surface area contributed by atoms with E-state index in [-0.39, 0.29) is 22.6 Å². The van der Waals surface area contributed by atoms with E-state index in [9.17, 15) is 13.2 Å². The van der Waals surface area contributed by atoms with Crippen LogP contribution in [0.4, 0.5) is 0 Å². The largest absolute Gasteiger partial charge is 0.345 e. The lowest BCUT2D eigenvalue weighted by Gasteiger charge is -2.19. The second-order valence-electron chi connectivity index (χ2n) is 7.00. The second-order valence-corrected chi connectivity index (χ2v) is 8.99. The molecule has 4 nitrogen and oxygen atoms in total. The zero-order valence-corrected chi connectivity index (χ0v) is 17.2. The van der Waals surface area contributed by atoms with E-state index in [2.05, 4.69) is 12.2 Å². The van der Waals surface area contributed by atoms with Gasteiger partial charge in [-0.05, 0) is 41.8 Å². The summed E-state index contributed by atoms with van der Waals surface area (Å²) in [7, 11) is -3.46. The summed E-state index contributed by atoms with van der Waals surface area (Å²) in [6.45, 7) is 2.08. The van der Waals surface area contributed by atoms with Gasteiger partial charge in [-0.2, -0.15) is 0 Å². The number of carbonyl (C=O) groups excluding carboxylic acids is 1. The van der Waals surface area contributed by atoms with Crippen molar-refractivity contribution in [2.75, 3.05) is 0 Å². The molecule has 0 fully saturated rings. The van der Waals surface area contributed by atoms with Gasteiger partial charge in [0.15, 0.2) is 9.84 Å². The average Bonchev–Trinajstić information content (AvgIpc) is 2.74. The van der Waals surface area contributed by atoms with Crippen LogP contribution in [-0.2, 0) is 15.6 Å². The molecule has 1 amide bonds. The van der Waals surface area contributed by atoms with Crippen LogP contribution in [0.2, 0.25) is 0 Å². The summed E-state index contributed by atoms with van der Waals surface area (Å²) in [5, 5.41) is 3.08. The van der Waals surface area contributed by atoms with Crippen LogP contribution in [0.1, 0.15) is 47.3 Å². The summed E-state index contributed by atoms with van der Waals surface area (Å²) in [6, 6.07) is 25.0. The van der Waals surface area contributed by atoms with E-state index < -0.39 is 9.84 Å². The highest BCUT2D eigenvalue weighted by Crippen LogP contribution is 2.20. The maximum Gasteiger partial charge on any atom is 0.251 e. The summed E-state index contributed by atoms with van der Waals surface area (Å²) in [4.78, 5) is 13.1. The Hall–Kier alpha value is -2.92. The number of rotatable bonds is 8. The first-order valence-electron chi connectivity index (χ1n) is 9.72. The maximum absolute atomic E-state index is 12.8. The van der Waals surface area contributed by atoms with Crippen molar-refractivity contribution in [2.24, 2.45) is 0 Å². The molecule has 1 N–H and O–H groups in total. The number of benzene rings is 3. The van der Waals surface area contributed by atoms with Crippen LogP contribution in [-0.4, -0.2) is 14.3 Å². The first-order chi connectivity index (χ1) is 14.0. The molecule has 3 rings (SSSR count). The molecule has 0 radical (unpaired) electrons. The van der Waals surface area contributed by atoms with E-state index in [4.69, 9.17) is 0 Å². The molecule has 0 heterocycles. The van der Waals surface area contributed by atoms with E-state index in [0.717, 1.165) is 18.4 Å². The van der Waals surface area contributed by atoms with E-state index in [1.807, 2.05) is 30.3 Å². The fraction of sp³-hybridized carbons (Fsp3) is 0.208. The van der Waals surface area contributed by atoms with Crippen molar-refractivity contribution in [3.05, 3.63) is 102 Å². The first-order valence-corrected chi connectivity index (χ1v) is 11.4. The first kappa shape index (κ1) is 20.8. The minimum Gasteiger partial charge on any atom is -0.345 e. The van der Waals surface area contributed by atoms with Gasteiger partial charge in [-0.3, -0.25) is 4.79 Å². The fourth-order valence-corrected chi connectivity index (χ4v) is 4.63. The molecule has 0 aliphatic carbocycles. The Morgan fingerprint density at radius 3 is 2.21 bits per heavy atom. The van der Waals surface area contributed by atoms with Crippen LogP contribution in [0.25, 0.3) is 0 Å². The molecule has 0 saturated heterocycles. The lowest BCUT2D eigenvalue weighted by molar-refractivity contribution is 0.0934. The van der Waals surface area contributed by atoms with E-state index in [1.54, 1.807) is 54.6 Å². The summed E-state index contributed by atoms with van der Waals surface area (Å²) in [5.74, 6) is -0.346. The highest BCUT2D eigenvalue weighted by molar-refractivity contribution is 7.90. The van der Waals surface area contributed by atoms with Crippen molar-refractivity contribution in [1.29, 1.82) is 0 Å². The van der Waals surface area contributed by atoms with Gasteiger partial charge in [0.05, 0.1) is 16.7 Å². The molecule has 0 aromatic heterocycles. The van der Waals surface area contributed by atoms with E-state index in [0.29, 0.717) is 11.1 Å². The smallest absolute Gasteiger partial charge is 0.251 e. The third-order valence-electron chi connectivity index (χ3n) is 4.73. The number of carbonyl (C=O) groups is 1. The Labute approximate surface area is 172 Å². The monoisotopic (exact) mass is 407 g/mol. The molecule has 150 valence electrons. The summed E-state index contributed by atoms with van der Waals surface area (Å²) >= 11 is 0. The molecule has 0 unspecified atom stereocenters. The van der Waals surface area contributed by atoms with Gasteiger partial charge in [0.2, 0.25) is 0 Å². The highest BCUT2D eigenvalue weighted by Gasteiger charge is 2.18. The maximum atomic E-state index is 12.8. The van der Waals surface area contributed by atoms with Gasteiger partial charge in [-0.25, -0.2) is 8.42 Å². The number of nitrogens with one attached hydrogen (secondary N) is 1. The Balaban J connectivity index is 1.77. The van der Waals surface area contributed by atoms with Gasteiger partial charge in [-0.1, -0.05) is 74.0 Å². The summed E-state index contributed by atoms with van der Waals surface area (Å²) < 4.78 is 25.3. The number of hydrogen-bond donors (Lipinski definition) is 1. The molecule has 0 saturated carbocycles. The summed E-state index contributed by atoms with van der Waals surface area (Å²) in [5.41, 5.74) is 2.11. The van der Waals surface area contributed by atoms with Crippen LogP contribution in [0.5, 0.6) is 0 Å². The molecule has 0 spiro atoms. The predicted molar refractivity (Wildman–Crippen MR) is 115 cm³/mol. The zero-order chi connectivity index (χ0) is 20.7. The molecule has 5 heteroatoms. The van der Waals surface area contributed by atoms with Gasteiger partial charge in [0, 0.05) is 5.56 Å². The Kier molecular flexibility index (Phi) is 6.83. The van der Waals surface area contributed by atoms with Crippen LogP contribution < -0.4 is 5.32 Å². The molecule has 3 aromatic carbocycles. The molecule has 29 heavy (non-hydrogen) atoms. The minimum absolute atomic E-state index is 0.0783. The molecule has 0 bridgehead atoms. The van der Waals surface area contributed by atoms with Gasteiger partial charge >= 0.3 is 0 Å². The van der Waals surface area contributed by atoms with Crippen LogP contribution in [0.15, 0.2) is 89.8 Å². The fourth-order valence-electron chi connectivity index (χ4n) is 3.27. The summed E-state index contributed by atoms with van der Waals surface area (Å²) in [6.07, 6.45) is 1.77. The lowest BCUT2D eigenvalue weighted by Crippen LogP contribution is -2.28. The Bertz CT molecular complexity index is 1050. The number of sulfone groups is 1. The van der Waals surface area contributed by atoms with Gasteiger partial charge in [0.25, 0.3) is 5.91 Å². The molecule has 0 aliphatic heterocycles. The topological polar surface area (TPSA) is 63.2 Å². The molecule has 3 aromatic rings. The number of amides is 1. The molecular formula is C24H25NO3S. The zero-order valence-electron chi connectivity index (χ0n) is 16.4. The third-order valence-corrected chi connectivity index (χ3v) is 6.44. The van der Waals surface area contributed by atoms with Gasteiger partial charge in [-0.15, -0.1) is 0 Å². The highest BCUT2D eigenvalue weighted by atomic mass is 32.2. The third kappa shape index (κ3) is 5.55. The minimum atomic E-state index is -3.46. The molecular weight excluding hydrogens is 382 g/mol. The van der Waals surface area contributed by atoms with Crippen molar-refractivity contribution in [1.82, 2.24) is 5.32 Å². The van der Waals surface area contributed by atoms with Crippen molar-refractivity contribution in [3.8, 4) is 0 Å². The molecule has 0 aliphatic rings. The van der Waals surface area contributed by atoms with Crippen molar-refractivity contribution >= 4 is 15.7 Å². The quantitative estimate of drug-likeness (QED) is 0.576. The normalized spacial score (nSPS) is 12.3. The Morgan fingerprint density at radius 2 is 1.55 bits per heavy atom. The van der Waals surface area contributed by atoms with Crippen LogP contribution in [0, 0.1) is 0 Å². The standard InChI is InChI=1S/C24H25NO3S/c1-2-10-23(20-12-5-3-6-13-20)25-24(26)21-14-9-11-19(17-21)18-29(27,28)22-15-7-4-8-16-22/h3-9,11-17,23H,2,10,18H2,1H3,(H,25,26)/t23-/m1/s1. The van der Waals surface area contributed by atoms with Gasteiger partial charge in [0.1, 0.15) is 0 Å². The van der Waals surface area contributed by atoms with Crippen LogP contribution >= 0.6 is 0 Å². The Morgan fingerprint density at radius 1 is 0.897 bits per heavy atom. The van der Waals surface area contributed by atoms with E-state index >= 15 is 0 Å². The van der Waals surface area contributed by atoms with Crippen molar-refractivity contribution in [3.63, 3.8) is 0 Å².